The van der Waals surface area contributed by atoms with Gasteiger partial charge in [0.05, 0.1) is 0 Å². The predicted molar refractivity (Wildman–Crippen MR) is 104 cm³/mol. The number of rotatable bonds is 1. The van der Waals surface area contributed by atoms with E-state index in [1.54, 1.807) is 0 Å². The Hall–Kier alpha value is -1.81. The van der Waals surface area contributed by atoms with Crippen molar-refractivity contribution in [2.75, 3.05) is 11.9 Å². The van der Waals surface area contributed by atoms with Crippen LogP contribution < -0.4 is 4.90 Å². The normalized spacial score (nSPS) is 13.0. The van der Waals surface area contributed by atoms with Crippen LogP contribution in [0.1, 0.15) is 22.6 Å². The van der Waals surface area contributed by atoms with Crippen molar-refractivity contribution in [1.82, 2.24) is 0 Å². The fourth-order valence-electron chi connectivity index (χ4n) is 3.38. The molecule has 0 saturated carbocycles. The highest BCUT2D eigenvalue weighted by atomic mass is 127. The van der Waals surface area contributed by atoms with Gasteiger partial charge in [-0.2, -0.15) is 0 Å². The molecule has 0 unspecified atom stereocenters. The minimum atomic E-state index is 0. The Balaban J connectivity index is 0.00000144. The van der Waals surface area contributed by atoms with Gasteiger partial charge in [-0.3, -0.25) is 0 Å². The Kier molecular flexibility index (Phi) is 4.21. The molecule has 0 radical (unpaired) electrons. The van der Waals surface area contributed by atoms with Gasteiger partial charge in [-0.15, -0.1) is 24.0 Å². The Bertz CT molecular complexity index is 735. The van der Waals surface area contributed by atoms with Crippen molar-refractivity contribution in [2.24, 2.45) is 0 Å². The largest absolute Gasteiger partial charge is 0.344 e. The molecule has 0 bridgehead atoms. The summed E-state index contributed by atoms with van der Waals surface area (Å²) in [6, 6.07) is 28.2. The first-order chi connectivity index (χ1) is 10.4. The number of halogens is 1. The Morgan fingerprint density at radius 3 is 1.64 bits per heavy atom. The van der Waals surface area contributed by atoms with Crippen molar-refractivity contribution in [3.05, 3.63) is 95.6 Å². The molecule has 1 aliphatic heterocycles. The molecule has 0 saturated heterocycles. The molecular weight excluding hydrogens is 381 g/mol. The molecule has 3 aromatic rings. The van der Waals surface area contributed by atoms with E-state index in [2.05, 4.69) is 90.8 Å². The monoisotopic (exact) mass is 399 g/mol. The second-order valence-electron chi connectivity index (χ2n) is 5.52. The fourth-order valence-corrected chi connectivity index (χ4v) is 3.38. The quantitative estimate of drug-likeness (QED) is 0.484. The Morgan fingerprint density at radius 1 is 0.636 bits per heavy atom. The van der Waals surface area contributed by atoms with E-state index in [0.29, 0.717) is 5.92 Å². The lowest BCUT2D eigenvalue weighted by molar-refractivity contribution is 0.926. The molecule has 0 fully saturated rings. The third-order valence-electron chi connectivity index (χ3n) is 4.35. The van der Waals surface area contributed by atoms with Gasteiger partial charge in [-0.25, -0.2) is 0 Å². The molecular formula is C20H18IN. The van der Waals surface area contributed by atoms with Gasteiger partial charge in [0.15, 0.2) is 0 Å². The summed E-state index contributed by atoms with van der Waals surface area (Å²) in [5.41, 5.74) is 6.70. The zero-order valence-electron chi connectivity index (χ0n) is 12.4. The summed E-state index contributed by atoms with van der Waals surface area (Å²) in [5, 5.41) is 0. The van der Waals surface area contributed by atoms with E-state index in [0.717, 1.165) is 0 Å². The average Bonchev–Trinajstić information content (AvgIpc) is 2.56. The Labute approximate surface area is 148 Å². The molecule has 22 heavy (non-hydrogen) atoms. The first-order valence-electron chi connectivity index (χ1n) is 7.33. The third kappa shape index (κ3) is 2.31. The van der Waals surface area contributed by atoms with Crippen LogP contribution >= 0.6 is 24.0 Å². The van der Waals surface area contributed by atoms with Crippen molar-refractivity contribution in [3.8, 4) is 0 Å². The maximum atomic E-state index is 2.30. The molecule has 4 rings (SSSR count). The van der Waals surface area contributed by atoms with Gasteiger partial charge in [0.2, 0.25) is 0 Å². The number of nitrogens with zero attached hydrogens (tertiary/aromatic N) is 1. The number of hydrogen-bond acceptors (Lipinski definition) is 1. The molecule has 0 spiro atoms. The van der Waals surface area contributed by atoms with Crippen LogP contribution in [-0.4, -0.2) is 7.05 Å². The molecule has 3 aromatic carbocycles. The van der Waals surface area contributed by atoms with E-state index < -0.39 is 0 Å². The van der Waals surface area contributed by atoms with Gasteiger partial charge < -0.3 is 4.90 Å². The van der Waals surface area contributed by atoms with Gasteiger partial charge in [-0.1, -0.05) is 66.7 Å². The lowest BCUT2D eigenvalue weighted by Gasteiger charge is -2.35. The standard InChI is InChI=1S/C20H17N.HI/c1-21-18-13-7-5-11-16(18)20(15-9-3-2-4-10-15)17-12-6-8-14-19(17)21;/h2-14,20H,1H3;1H. The lowest BCUT2D eigenvalue weighted by Crippen LogP contribution is -2.22. The summed E-state index contributed by atoms with van der Waals surface area (Å²) in [7, 11) is 2.15. The molecule has 0 aromatic heterocycles. The molecule has 0 aliphatic carbocycles. The number of benzene rings is 3. The highest BCUT2D eigenvalue weighted by Crippen LogP contribution is 2.47. The van der Waals surface area contributed by atoms with E-state index in [-0.39, 0.29) is 24.0 Å². The van der Waals surface area contributed by atoms with Crippen molar-refractivity contribution < 1.29 is 0 Å². The molecule has 2 heteroatoms. The average molecular weight is 399 g/mol. The summed E-state index contributed by atoms with van der Waals surface area (Å²) >= 11 is 0. The second-order valence-corrected chi connectivity index (χ2v) is 5.52. The van der Waals surface area contributed by atoms with Crippen molar-refractivity contribution in [2.45, 2.75) is 5.92 Å². The van der Waals surface area contributed by atoms with Crippen LogP contribution in [0, 0.1) is 0 Å². The topological polar surface area (TPSA) is 3.24 Å². The number of hydrogen-bond donors (Lipinski definition) is 0. The highest BCUT2D eigenvalue weighted by molar-refractivity contribution is 14.0. The van der Waals surface area contributed by atoms with Crippen LogP contribution in [0.15, 0.2) is 78.9 Å². The molecule has 110 valence electrons. The third-order valence-corrected chi connectivity index (χ3v) is 4.35. The van der Waals surface area contributed by atoms with E-state index in [1.807, 2.05) is 0 Å². The SMILES string of the molecule is CN1c2ccccc2C(c2ccccc2)c2ccccc21.I. The summed E-state index contributed by atoms with van der Waals surface area (Å²) in [5.74, 6) is 0.315. The maximum Gasteiger partial charge on any atom is 0.0450 e. The van der Waals surface area contributed by atoms with Gasteiger partial charge in [-0.05, 0) is 28.8 Å². The zero-order chi connectivity index (χ0) is 14.2. The number of para-hydroxylation sites is 2. The molecule has 0 atom stereocenters. The van der Waals surface area contributed by atoms with Crippen LogP contribution in [0.25, 0.3) is 0 Å². The van der Waals surface area contributed by atoms with Crippen molar-refractivity contribution >= 4 is 35.4 Å². The summed E-state index contributed by atoms with van der Waals surface area (Å²) in [6.07, 6.45) is 0. The first-order valence-corrected chi connectivity index (χ1v) is 7.33. The maximum absolute atomic E-state index is 2.30. The predicted octanol–water partition coefficient (Wildman–Crippen LogP) is 5.57. The van der Waals surface area contributed by atoms with E-state index in [9.17, 15) is 0 Å². The van der Waals surface area contributed by atoms with Gasteiger partial charge >= 0.3 is 0 Å². The van der Waals surface area contributed by atoms with Crippen LogP contribution in [0.2, 0.25) is 0 Å². The van der Waals surface area contributed by atoms with E-state index >= 15 is 0 Å². The molecule has 1 nitrogen and oxygen atoms in total. The van der Waals surface area contributed by atoms with Crippen molar-refractivity contribution in [1.29, 1.82) is 0 Å². The molecule has 0 amide bonds. The van der Waals surface area contributed by atoms with Gasteiger partial charge in [0, 0.05) is 24.3 Å². The first kappa shape index (κ1) is 15.1. The smallest absolute Gasteiger partial charge is 0.0450 e. The lowest BCUT2D eigenvalue weighted by atomic mass is 9.80. The number of anilines is 2. The highest BCUT2D eigenvalue weighted by Gasteiger charge is 2.28. The minimum Gasteiger partial charge on any atom is -0.344 e. The van der Waals surface area contributed by atoms with E-state index in [4.69, 9.17) is 0 Å². The zero-order valence-corrected chi connectivity index (χ0v) is 14.8. The van der Waals surface area contributed by atoms with Crippen molar-refractivity contribution in [3.63, 3.8) is 0 Å². The molecule has 0 N–H and O–H groups in total. The number of fused-ring (bicyclic) bond motifs is 2. The van der Waals surface area contributed by atoms with Crippen LogP contribution in [0.4, 0.5) is 11.4 Å². The van der Waals surface area contributed by atoms with Crippen LogP contribution in [0.3, 0.4) is 0 Å². The Morgan fingerprint density at radius 2 is 1.09 bits per heavy atom. The van der Waals surface area contributed by atoms with E-state index in [1.165, 1.54) is 28.1 Å². The minimum absolute atomic E-state index is 0. The molecule has 1 heterocycles. The van der Waals surface area contributed by atoms with Crippen LogP contribution in [0.5, 0.6) is 0 Å². The fraction of sp³-hybridized carbons (Fsp3) is 0.100. The van der Waals surface area contributed by atoms with Crippen LogP contribution in [-0.2, 0) is 0 Å². The second kappa shape index (κ2) is 6.13. The van der Waals surface area contributed by atoms with Gasteiger partial charge in [0.1, 0.15) is 0 Å². The summed E-state index contributed by atoms with van der Waals surface area (Å²) in [4.78, 5) is 2.30. The van der Waals surface area contributed by atoms with Gasteiger partial charge in [0.25, 0.3) is 0 Å². The summed E-state index contributed by atoms with van der Waals surface area (Å²) in [6.45, 7) is 0. The molecule has 1 aliphatic rings. The summed E-state index contributed by atoms with van der Waals surface area (Å²) < 4.78 is 0.